The Morgan fingerprint density at radius 2 is 1.37 bits per heavy atom. The Balaban J connectivity index is 3.10. The molecule has 0 spiro atoms. The van der Waals surface area contributed by atoms with E-state index < -0.39 is 39.3 Å². The van der Waals surface area contributed by atoms with E-state index in [0.717, 1.165) is 4.90 Å². The van der Waals surface area contributed by atoms with Gasteiger partial charge < -0.3 is 24.7 Å². The van der Waals surface area contributed by atoms with Crippen LogP contribution in [-0.2, 0) is 13.9 Å². The first-order chi connectivity index (χ1) is 8.46. The zero-order valence-electron chi connectivity index (χ0n) is 10.0. The summed E-state index contributed by atoms with van der Waals surface area (Å²) in [7, 11) is -9.25. The van der Waals surface area contributed by atoms with Gasteiger partial charge in [0.05, 0.1) is 0 Å². The minimum Gasteiger partial charge on any atom is -0.480 e. The van der Waals surface area contributed by atoms with E-state index in [1.807, 2.05) is 0 Å². The highest BCUT2D eigenvalue weighted by atomic mass is 31.2. The van der Waals surface area contributed by atoms with Crippen LogP contribution in [0.3, 0.4) is 0 Å². The van der Waals surface area contributed by atoms with Crippen LogP contribution in [0.15, 0.2) is 0 Å². The van der Waals surface area contributed by atoms with E-state index in [1.165, 1.54) is 0 Å². The lowest BCUT2D eigenvalue weighted by molar-refractivity contribution is -0.150. The van der Waals surface area contributed by atoms with Crippen LogP contribution in [0, 0.1) is 0 Å². The lowest BCUT2D eigenvalue weighted by Crippen LogP contribution is -2.53. The first-order valence-corrected chi connectivity index (χ1v) is 9.13. The molecule has 0 atom stereocenters. The van der Waals surface area contributed by atoms with E-state index in [4.69, 9.17) is 19.6 Å². The Hall–Kier alpha value is -0.270. The zero-order chi connectivity index (χ0) is 14.9. The van der Waals surface area contributed by atoms with Crippen LogP contribution in [-0.4, -0.2) is 53.7 Å². The fourth-order valence-corrected chi connectivity index (χ4v) is 4.17. The predicted octanol–water partition coefficient (Wildman–Crippen LogP) is -0.0438. The number of hydrogen-bond donors (Lipinski definition) is 5. The number of aliphatic carboxylic acids is 1. The van der Waals surface area contributed by atoms with Crippen LogP contribution in [0.2, 0.25) is 0 Å². The molecule has 1 saturated carbocycles. The van der Waals surface area contributed by atoms with Gasteiger partial charge in [-0.05, 0) is 12.8 Å². The third-order valence-electron chi connectivity index (χ3n) is 3.14. The molecule has 5 N–H and O–H groups in total. The molecular weight excluding hydrogens is 300 g/mol. The normalized spacial score (nSPS) is 19.8. The number of carbonyl (C=O) groups is 1. The predicted molar refractivity (Wildman–Crippen MR) is 64.5 cm³/mol. The van der Waals surface area contributed by atoms with Crippen LogP contribution in [0.4, 0.5) is 0 Å². The van der Waals surface area contributed by atoms with E-state index in [0.29, 0.717) is 12.8 Å². The third-order valence-corrected chi connectivity index (χ3v) is 4.56. The molecule has 0 bridgehead atoms. The van der Waals surface area contributed by atoms with Gasteiger partial charge in [0.15, 0.2) is 0 Å². The van der Waals surface area contributed by atoms with Crippen molar-refractivity contribution in [3.8, 4) is 0 Å². The summed E-state index contributed by atoms with van der Waals surface area (Å²) in [6, 6.07) is 0. The Bertz CT molecular complexity index is 410. The van der Waals surface area contributed by atoms with Crippen molar-refractivity contribution in [2.24, 2.45) is 0 Å². The molecule has 0 heterocycles. The average Bonchev–Trinajstić information content (AvgIpc) is 2.60. The maximum absolute atomic E-state index is 11.4. The molecule has 0 aliphatic heterocycles. The van der Waals surface area contributed by atoms with Crippen molar-refractivity contribution in [1.29, 1.82) is 0 Å². The van der Waals surface area contributed by atoms with Crippen molar-refractivity contribution in [3.63, 3.8) is 0 Å². The maximum Gasteiger partial charge on any atom is 0.339 e. The first kappa shape index (κ1) is 16.8. The lowest BCUT2D eigenvalue weighted by atomic mass is 9.96. The highest BCUT2D eigenvalue weighted by molar-refractivity contribution is 7.52. The van der Waals surface area contributed by atoms with Crippen LogP contribution in [0.1, 0.15) is 25.7 Å². The summed E-state index contributed by atoms with van der Waals surface area (Å²) in [5.74, 6) is -1.31. The quantitative estimate of drug-likeness (QED) is 0.424. The highest BCUT2D eigenvalue weighted by Gasteiger charge is 2.49. The molecule has 0 radical (unpaired) electrons. The van der Waals surface area contributed by atoms with Crippen LogP contribution in [0.25, 0.3) is 0 Å². The standard InChI is InChI=1S/C8H17NO8P2/c10-7(11)8(3-1-2-4-8)9(5-18(12,13)14)6-19(15,16)17/h1-6H2,(H,10,11)(H2,12,13,14)(H2,15,16,17). The maximum atomic E-state index is 11.4. The topological polar surface area (TPSA) is 156 Å². The van der Waals surface area contributed by atoms with Gasteiger partial charge in [-0.1, -0.05) is 12.8 Å². The fourth-order valence-electron chi connectivity index (χ4n) is 2.39. The van der Waals surface area contributed by atoms with Crippen molar-refractivity contribution >= 4 is 21.2 Å². The number of carboxylic acid groups (broad SMARTS) is 1. The average molecular weight is 317 g/mol. The van der Waals surface area contributed by atoms with E-state index >= 15 is 0 Å². The Labute approximate surface area is 109 Å². The summed E-state index contributed by atoms with van der Waals surface area (Å²) in [5.41, 5.74) is -1.61. The largest absolute Gasteiger partial charge is 0.480 e. The Morgan fingerprint density at radius 1 is 1.00 bits per heavy atom. The molecule has 1 fully saturated rings. The van der Waals surface area contributed by atoms with Gasteiger partial charge in [0.1, 0.15) is 18.1 Å². The second-order valence-electron chi connectivity index (χ2n) is 4.70. The summed E-state index contributed by atoms with van der Waals surface area (Å²) < 4.78 is 22.1. The van der Waals surface area contributed by atoms with E-state index in [1.54, 1.807) is 0 Å². The van der Waals surface area contributed by atoms with Gasteiger partial charge in [-0.25, -0.2) is 0 Å². The minimum absolute atomic E-state index is 0.113. The summed E-state index contributed by atoms with van der Waals surface area (Å²) in [6.45, 7) is 0. The van der Waals surface area contributed by atoms with Crippen molar-refractivity contribution < 1.29 is 38.6 Å². The smallest absolute Gasteiger partial charge is 0.339 e. The number of rotatable bonds is 6. The van der Waals surface area contributed by atoms with Gasteiger partial charge >= 0.3 is 21.2 Å². The van der Waals surface area contributed by atoms with E-state index in [9.17, 15) is 19.0 Å². The summed E-state index contributed by atoms with van der Waals surface area (Å²) in [5, 5.41) is 9.28. The van der Waals surface area contributed by atoms with Gasteiger partial charge in [-0.2, -0.15) is 0 Å². The molecule has 0 aromatic heterocycles. The summed E-state index contributed by atoms with van der Waals surface area (Å²) >= 11 is 0. The second-order valence-corrected chi connectivity index (χ2v) is 7.92. The van der Waals surface area contributed by atoms with Gasteiger partial charge in [-0.3, -0.25) is 18.8 Å². The summed E-state index contributed by atoms with van der Waals surface area (Å²) in [6.07, 6.45) is -0.671. The molecular formula is C8H17NO8P2. The zero-order valence-corrected chi connectivity index (χ0v) is 11.8. The number of hydrogen-bond acceptors (Lipinski definition) is 4. The van der Waals surface area contributed by atoms with Gasteiger partial charge in [0, 0.05) is 0 Å². The van der Waals surface area contributed by atoms with Crippen LogP contribution < -0.4 is 0 Å². The van der Waals surface area contributed by atoms with Crippen molar-refractivity contribution in [2.75, 3.05) is 12.6 Å². The van der Waals surface area contributed by atoms with Crippen LogP contribution in [0.5, 0.6) is 0 Å². The molecule has 1 aliphatic carbocycles. The van der Waals surface area contributed by atoms with Gasteiger partial charge in [0.25, 0.3) is 0 Å². The molecule has 0 aromatic carbocycles. The van der Waals surface area contributed by atoms with Crippen molar-refractivity contribution in [1.82, 2.24) is 4.90 Å². The molecule has 0 aromatic rings. The molecule has 19 heavy (non-hydrogen) atoms. The van der Waals surface area contributed by atoms with E-state index in [2.05, 4.69) is 0 Å². The van der Waals surface area contributed by atoms with Gasteiger partial charge in [-0.15, -0.1) is 0 Å². The second kappa shape index (κ2) is 5.61. The number of carboxylic acids is 1. The molecule has 1 rings (SSSR count). The summed E-state index contributed by atoms with van der Waals surface area (Å²) in [4.78, 5) is 48.0. The third kappa shape index (κ3) is 4.65. The molecule has 0 saturated heterocycles. The molecule has 9 nitrogen and oxygen atoms in total. The monoisotopic (exact) mass is 317 g/mol. The van der Waals surface area contributed by atoms with Crippen molar-refractivity contribution in [2.45, 2.75) is 31.2 Å². The lowest BCUT2D eigenvalue weighted by Gasteiger charge is -2.37. The fraction of sp³-hybridized carbons (Fsp3) is 0.875. The molecule has 11 heteroatoms. The first-order valence-electron chi connectivity index (χ1n) is 5.54. The molecule has 0 amide bonds. The SMILES string of the molecule is O=C(O)C1(N(CP(=O)(O)O)CP(=O)(O)O)CCCC1. The molecule has 1 aliphatic rings. The van der Waals surface area contributed by atoms with Crippen LogP contribution >= 0.6 is 15.2 Å². The van der Waals surface area contributed by atoms with Gasteiger partial charge in [0.2, 0.25) is 0 Å². The minimum atomic E-state index is -4.62. The highest BCUT2D eigenvalue weighted by Crippen LogP contribution is 2.47. The molecule has 112 valence electrons. The molecule has 0 unspecified atom stereocenters. The Morgan fingerprint density at radius 3 is 1.63 bits per heavy atom. The Kier molecular flexibility index (Phi) is 4.96. The van der Waals surface area contributed by atoms with Crippen molar-refractivity contribution in [3.05, 3.63) is 0 Å². The number of nitrogens with zero attached hydrogens (tertiary/aromatic N) is 1. The van der Waals surface area contributed by atoms with E-state index in [-0.39, 0.29) is 12.8 Å².